The fraction of sp³-hybridized carbons (Fsp3) is 0.387. The van der Waals surface area contributed by atoms with Gasteiger partial charge in [0.15, 0.2) is 0 Å². The summed E-state index contributed by atoms with van der Waals surface area (Å²) in [6.07, 6.45) is -1.38. The van der Waals surface area contributed by atoms with Crippen LogP contribution in [0, 0.1) is 11.8 Å². The van der Waals surface area contributed by atoms with Crippen LogP contribution < -0.4 is 0 Å². The average Bonchev–Trinajstić information content (AvgIpc) is 3.67. The van der Waals surface area contributed by atoms with Crippen LogP contribution in [-0.4, -0.2) is 43.6 Å². The molecule has 0 N–H and O–H groups in total. The molecule has 1 saturated carbocycles. The summed E-state index contributed by atoms with van der Waals surface area (Å²) >= 11 is 0. The van der Waals surface area contributed by atoms with E-state index in [1.807, 2.05) is 97.9 Å². The van der Waals surface area contributed by atoms with E-state index < -0.39 is 6.10 Å². The third kappa shape index (κ3) is 6.46. The molecule has 0 aromatic heterocycles. The number of fused-ring (bicyclic) bond motifs is 1. The lowest BCUT2D eigenvalue weighted by Crippen LogP contribution is -2.50. The maximum absolute atomic E-state index is 12.8. The summed E-state index contributed by atoms with van der Waals surface area (Å²) < 4.78 is 30.9. The van der Waals surface area contributed by atoms with Crippen molar-refractivity contribution in [3.63, 3.8) is 0 Å². The van der Waals surface area contributed by atoms with Crippen molar-refractivity contribution in [2.24, 2.45) is 11.8 Å². The molecule has 37 heavy (non-hydrogen) atoms. The van der Waals surface area contributed by atoms with E-state index in [9.17, 15) is 4.79 Å². The van der Waals surface area contributed by atoms with Crippen molar-refractivity contribution in [1.29, 1.82) is 0 Å². The number of rotatable bonds is 12. The highest BCUT2D eigenvalue weighted by molar-refractivity contribution is 5.77. The number of hydrogen-bond acceptors (Lipinski definition) is 6. The Kier molecular flexibility index (Phi) is 8.64. The second-order valence-electron chi connectivity index (χ2n) is 9.52. The predicted octanol–water partition coefficient (Wildman–Crippen LogP) is 4.95. The van der Waals surface area contributed by atoms with Crippen LogP contribution in [0.4, 0.5) is 0 Å². The van der Waals surface area contributed by atoms with Gasteiger partial charge in [0, 0.05) is 5.92 Å². The Hall–Kier alpha value is -3.03. The van der Waals surface area contributed by atoms with E-state index in [1.54, 1.807) is 0 Å². The Morgan fingerprint density at radius 2 is 1.24 bits per heavy atom. The maximum atomic E-state index is 12.8. The van der Waals surface area contributed by atoms with E-state index in [0.717, 1.165) is 16.7 Å². The molecular formula is C31H34O6. The monoisotopic (exact) mass is 502 g/mol. The van der Waals surface area contributed by atoms with Gasteiger partial charge in [0.1, 0.15) is 12.2 Å². The molecule has 0 radical (unpaired) electrons. The fourth-order valence-corrected chi connectivity index (χ4v) is 5.05. The van der Waals surface area contributed by atoms with Gasteiger partial charge in [0.25, 0.3) is 0 Å². The molecule has 0 unspecified atom stereocenters. The van der Waals surface area contributed by atoms with Gasteiger partial charge in [-0.15, -0.1) is 0 Å². The molecule has 6 atom stereocenters. The van der Waals surface area contributed by atoms with Crippen molar-refractivity contribution in [1.82, 2.24) is 0 Å². The molecule has 1 saturated heterocycles. The standard InChI is InChI=1S/C31H34O6/c1-2-34-31(32)27-26-29(27)37-25(21-33-18-22-12-6-3-7-13-22)28(35-19-23-14-8-4-9-15-23)30(26)36-20-24-16-10-5-11-17-24/h3-17,25-30H,2,18-21H2,1H3/t25-,26+,27+,28-,29+,30-/m1/s1. The van der Waals surface area contributed by atoms with E-state index in [4.69, 9.17) is 23.7 Å². The predicted molar refractivity (Wildman–Crippen MR) is 138 cm³/mol. The van der Waals surface area contributed by atoms with E-state index in [-0.39, 0.29) is 36.1 Å². The van der Waals surface area contributed by atoms with Gasteiger partial charge in [-0.05, 0) is 23.6 Å². The molecule has 3 aromatic carbocycles. The molecule has 3 aromatic rings. The van der Waals surface area contributed by atoms with Crippen molar-refractivity contribution in [2.75, 3.05) is 13.2 Å². The summed E-state index contributed by atoms with van der Waals surface area (Å²) in [6.45, 7) is 3.79. The first kappa shape index (κ1) is 25.6. The van der Waals surface area contributed by atoms with Gasteiger partial charge in [0.2, 0.25) is 0 Å². The summed E-state index contributed by atoms with van der Waals surface area (Å²) in [5, 5.41) is 0. The summed E-state index contributed by atoms with van der Waals surface area (Å²) in [4.78, 5) is 12.8. The highest BCUT2D eigenvalue weighted by atomic mass is 16.6. The third-order valence-electron chi connectivity index (χ3n) is 6.93. The molecule has 0 spiro atoms. The molecule has 5 rings (SSSR count). The lowest BCUT2D eigenvalue weighted by atomic mass is 9.99. The number of ether oxygens (including phenoxy) is 5. The van der Waals surface area contributed by atoms with Crippen molar-refractivity contribution >= 4 is 5.97 Å². The van der Waals surface area contributed by atoms with Gasteiger partial charge in [-0.3, -0.25) is 4.79 Å². The topological polar surface area (TPSA) is 63.2 Å². The normalized spacial score (nSPS) is 26.3. The molecule has 1 aliphatic heterocycles. The van der Waals surface area contributed by atoms with Crippen LogP contribution in [0.5, 0.6) is 0 Å². The number of esters is 1. The zero-order chi connectivity index (χ0) is 25.5. The molecule has 1 heterocycles. The van der Waals surface area contributed by atoms with Crippen molar-refractivity contribution in [2.45, 2.75) is 51.2 Å². The molecule has 1 aliphatic carbocycles. The first-order valence-corrected chi connectivity index (χ1v) is 13.0. The Balaban J connectivity index is 1.34. The fourth-order valence-electron chi connectivity index (χ4n) is 5.05. The van der Waals surface area contributed by atoms with Gasteiger partial charge in [0.05, 0.1) is 51.2 Å². The largest absolute Gasteiger partial charge is 0.466 e. The van der Waals surface area contributed by atoms with Gasteiger partial charge in [-0.25, -0.2) is 0 Å². The number of carbonyl (C=O) groups is 1. The van der Waals surface area contributed by atoms with Crippen molar-refractivity contribution in [3.8, 4) is 0 Å². The second kappa shape index (κ2) is 12.5. The summed E-state index contributed by atoms with van der Waals surface area (Å²) in [6, 6.07) is 30.1. The van der Waals surface area contributed by atoms with Crippen molar-refractivity contribution < 1.29 is 28.5 Å². The van der Waals surface area contributed by atoms with Crippen LogP contribution in [0.25, 0.3) is 0 Å². The minimum Gasteiger partial charge on any atom is -0.466 e. The maximum Gasteiger partial charge on any atom is 0.312 e. The molecule has 0 bridgehead atoms. The highest BCUT2D eigenvalue weighted by Crippen LogP contribution is 2.52. The molecule has 6 heteroatoms. The smallest absolute Gasteiger partial charge is 0.312 e. The first-order chi connectivity index (χ1) is 18.2. The Labute approximate surface area is 218 Å². The average molecular weight is 503 g/mol. The molecule has 194 valence electrons. The van der Waals surface area contributed by atoms with Gasteiger partial charge in [-0.2, -0.15) is 0 Å². The van der Waals surface area contributed by atoms with Crippen LogP contribution in [0.1, 0.15) is 23.6 Å². The SMILES string of the molecule is CCOC(=O)[C@@H]1[C@H]2O[C@H](COCc3ccccc3)[C@@H](OCc3ccccc3)[C@H](OCc3ccccc3)[C@H]21. The van der Waals surface area contributed by atoms with Gasteiger partial charge in [-0.1, -0.05) is 91.0 Å². The minimum absolute atomic E-state index is 0.117. The first-order valence-electron chi connectivity index (χ1n) is 13.0. The van der Waals surface area contributed by atoms with E-state index in [2.05, 4.69) is 0 Å². The molecule has 2 aliphatic rings. The molecular weight excluding hydrogens is 468 g/mol. The molecule has 2 fully saturated rings. The number of benzene rings is 3. The lowest BCUT2D eigenvalue weighted by molar-refractivity contribution is -0.201. The summed E-state index contributed by atoms with van der Waals surface area (Å²) in [5.74, 6) is -0.713. The van der Waals surface area contributed by atoms with Crippen molar-refractivity contribution in [3.05, 3.63) is 108 Å². The van der Waals surface area contributed by atoms with Gasteiger partial charge < -0.3 is 23.7 Å². The summed E-state index contributed by atoms with van der Waals surface area (Å²) in [5.41, 5.74) is 3.22. The van der Waals surface area contributed by atoms with Crippen LogP contribution in [0.15, 0.2) is 91.0 Å². The Bertz CT molecular complexity index is 1110. The Morgan fingerprint density at radius 1 is 0.730 bits per heavy atom. The Morgan fingerprint density at radius 3 is 1.78 bits per heavy atom. The van der Waals surface area contributed by atoms with Gasteiger partial charge >= 0.3 is 5.97 Å². The number of hydrogen-bond donors (Lipinski definition) is 0. The van der Waals surface area contributed by atoms with Crippen LogP contribution in [0.3, 0.4) is 0 Å². The second-order valence-corrected chi connectivity index (χ2v) is 9.52. The van der Waals surface area contributed by atoms with Crippen LogP contribution in [-0.2, 0) is 48.3 Å². The third-order valence-corrected chi connectivity index (χ3v) is 6.93. The zero-order valence-electron chi connectivity index (χ0n) is 21.1. The zero-order valence-corrected chi connectivity index (χ0v) is 21.1. The van der Waals surface area contributed by atoms with E-state index >= 15 is 0 Å². The molecule has 0 amide bonds. The summed E-state index contributed by atoms with van der Waals surface area (Å²) in [7, 11) is 0. The lowest BCUT2D eigenvalue weighted by Gasteiger charge is -2.37. The van der Waals surface area contributed by atoms with Crippen LogP contribution in [0.2, 0.25) is 0 Å². The highest BCUT2D eigenvalue weighted by Gasteiger charge is 2.67. The minimum atomic E-state index is -0.402. The van der Waals surface area contributed by atoms with E-state index in [1.165, 1.54) is 0 Å². The van der Waals surface area contributed by atoms with Crippen LogP contribution >= 0.6 is 0 Å². The molecule has 6 nitrogen and oxygen atoms in total. The quantitative estimate of drug-likeness (QED) is 0.327. The number of carbonyl (C=O) groups excluding carboxylic acids is 1. The van der Waals surface area contributed by atoms with E-state index in [0.29, 0.717) is 33.0 Å².